The van der Waals surface area contributed by atoms with Crippen LogP contribution in [0.5, 0.6) is 0 Å². The van der Waals surface area contributed by atoms with Crippen LogP contribution in [0.15, 0.2) is 59.5 Å². The lowest BCUT2D eigenvalue weighted by molar-refractivity contribution is 0.100. The lowest BCUT2D eigenvalue weighted by atomic mass is 9.89. The van der Waals surface area contributed by atoms with Crippen molar-refractivity contribution in [1.82, 2.24) is 30.4 Å². The third-order valence-electron chi connectivity index (χ3n) is 7.94. The van der Waals surface area contributed by atoms with Gasteiger partial charge in [0, 0.05) is 49.9 Å². The minimum absolute atomic E-state index is 0.278. The zero-order valence-electron chi connectivity index (χ0n) is 23.2. The van der Waals surface area contributed by atoms with E-state index in [0.29, 0.717) is 35.2 Å². The second-order valence-corrected chi connectivity index (χ2v) is 10.9. The summed E-state index contributed by atoms with van der Waals surface area (Å²) in [4.78, 5) is 31.8. The number of aromatic nitrogens is 5. The Hall–Kier alpha value is -4.38. The standard InChI is InChI=1S/C30H35N9O2/c1-19-35-30(38-41-19)29-33-16-24(17-34-29)39-13-5-8-23(18-39)36-25-9-2-3-10-26(25)37-27-15-21(11-12-32-27)20-6-4-7-22(14-20)28(31)40/h4,6-7,11-12,14-17,23,25-26,36H,2-3,5,8-10,13,18H2,1H3,(H2,31,40)(H,32,37)/t23-,25+,26+/m0/s1. The predicted octanol–water partition coefficient (Wildman–Crippen LogP) is 3.98. The first-order valence-corrected chi connectivity index (χ1v) is 14.3. The third-order valence-corrected chi connectivity index (χ3v) is 7.94. The Morgan fingerprint density at radius 3 is 2.56 bits per heavy atom. The van der Waals surface area contributed by atoms with Crippen molar-refractivity contribution in [3.63, 3.8) is 0 Å². The second-order valence-electron chi connectivity index (χ2n) is 10.9. The Labute approximate surface area is 239 Å². The molecule has 6 rings (SSSR count). The van der Waals surface area contributed by atoms with Gasteiger partial charge in [0.15, 0.2) is 0 Å². The summed E-state index contributed by atoms with van der Waals surface area (Å²) in [5.41, 5.74) is 8.92. The molecular formula is C30H35N9O2. The van der Waals surface area contributed by atoms with Gasteiger partial charge in [-0.05, 0) is 61.1 Å². The van der Waals surface area contributed by atoms with Crippen LogP contribution in [0, 0.1) is 6.92 Å². The normalized spacial score (nSPS) is 21.0. The highest BCUT2D eigenvalue weighted by Crippen LogP contribution is 2.27. The van der Waals surface area contributed by atoms with Crippen molar-refractivity contribution >= 4 is 17.4 Å². The fourth-order valence-corrected chi connectivity index (χ4v) is 5.87. The van der Waals surface area contributed by atoms with E-state index in [1.807, 2.05) is 48.9 Å². The highest BCUT2D eigenvalue weighted by atomic mass is 16.5. The molecule has 2 fully saturated rings. The van der Waals surface area contributed by atoms with Crippen molar-refractivity contribution in [3.05, 3.63) is 66.4 Å². The smallest absolute Gasteiger partial charge is 0.248 e. The van der Waals surface area contributed by atoms with Crippen molar-refractivity contribution < 1.29 is 9.32 Å². The summed E-state index contributed by atoms with van der Waals surface area (Å²) in [6.45, 7) is 3.62. The molecule has 4 N–H and O–H groups in total. The van der Waals surface area contributed by atoms with Crippen LogP contribution >= 0.6 is 0 Å². The molecule has 41 heavy (non-hydrogen) atoms. The Morgan fingerprint density at radius 1 is 0.976 bits per heavy atom. The molecule has 3 atom stereocenters. The second kappa shape index (κ2) is 12.0. The molecule has 1 aromatic carbocycles. The van der Waals surface area contributed by atoms with E-state index in [-0.39, 0.29) is 6.04 Å². The van der Waals surface area contributed by atoms with Crippen LogP contribution in [0.2, 0.25) is 0 Å². The number of aryl methyl sites for hydroxylation is 1. The Bertz CT molecular complexity index is 1490. The molecule has 0 unspecified atom stereocenters. The molecule has 0 spiro atoms. The third kappa shape index (κ3) is 6.35. The molecule has 0 bridgehead atoms. The first-order chi connectivity index (χ1) is 20.0. The lowest BCUT2D eigenvalue weighted by Crippen LogP contribution is -2.55. The first-order valence-electron chi connectivity index (χ1n) is 14.3. The fraction of sp³-hybridized carbons (Fsp3) is 0.400. The molecule has 1 aliphatic heterocycles. The number of hydrogen-bond acceptors (Lipinski definition) is 10. The molecule has 11 nitrogen and oxygen atoms in total. The molecule has 4 aromatic rings. The number of benzene rings is 1. The minimum Gasteiger partial charge on any atom is -0.367 e. The Kier molecular flexibility index (Phi) is 7.86. The maximum absolute atomic E-state index is 11.7. The van der Waals surface area contributed by atoms with Crippen molar-refractivity contribution in [2.75, 3.05) is 23.3 Å². The minimum atomic E-state index is -0.430. The molecule has 11 heteroatoms. The summed E-state index contributed by atoms with van der Waals surface area (Å²) in [7, 11) is 0. The summed E-state index contributed by atoms with van der Waals surface area (Å²) >= 11 is 0. The van der Waals surface area contributed by atoms with Gasteiger partial charge in [0.2, 0.25) is 23.4 Å². The van der Waals surface area contributed by atoms with Gasteiger partial charge < -0.3 is 25.8 Å². The topological polar surface area (TPSA) is 148 Å². The summed E-state index contributed by atoms with van der Waals surface area (Å²) in [6.07, 6.45) is 12.3. The van der Waals surface area contributed by atoms with Crippen LogP contribution in [0.25, 0.3) is 22.8 Å². The molecule has 2 aliphatic rings. The van der Waals surface area contributed by atoms with Crippen LogP contribution in [0.3, 0.4) is 0 Å². The van der Waals surface area contributed by atoms with Crippen LogP contribution in [0.4, 0.5) is 11.5 Å². The van der Waals surface area contributed by atoms with Crippen molar-refractivity contribution in [2.24, 2.45) is 5.73 Å². The number of pyridine rings is 1. The summed E-state index contributed by atoms with van der Waals surface area (Å²) < 4.78 is 5.05. The zero-order valence-corrected chi connectivity index (χ0v) is 23.2. The van der Waals surface area contributed by atoms with Crippen LogP contribution in [0.1, 0.15) is 54.8 Å². The molecule has 0 radical (unpaired) electrons. The molecule has 1 aliphatic carbocycles. The number of hydrogen-bond donors (Lipinski definition) is 3. The summed E-state index contributed by atoms with van der Waals surface area (Å²) in [5.74, 6) is 1.77. The van der Waals surface area contributed by atoms with Gasteiger partial charge in [-0.15, -0.1) is 0 Å². The van der Waals surface area contributed by atoms with E-state index in [2.05, 4.69) is 40.6 Å². The number of rotatable bonds is 8. The van der Waals surface area contributed by atoms with Gasteiger partial charge in [-0.1, -0.05) is 30.1 Å². The molecular weight excluding hydrogens is 518 g/mol. The quantitative estimate of drug-likeness (QED) is 0.293. The van der Waals surface area contributed by atoms with E-state index in [4.69, 9.17) is 10.3 Å². The van der Waals surface area contributed by atoms with Crippen molar-refractivity contribution in [1.29, 1.82) is 0 Å². The average molecular weight is 554 g/mol. The maximum atomic E-state index is 11.7. The zero-order chi connectivity index (χ0) is 28.2. The largest absolute Gasteiger partial charge is 0.367 e. The van der Waals surface area contributed by atoms with Gasteiger partial charge >= 0.3 is 0 Å². The Balaban J connectivity index is 1.10. The van der Waals surface area contributed by atoms with Crippen LogP contribution < -0.4 is 21.3 Å². The van der Waals surface area contributed by atoms with Gasteiger partial charge in [-0.2, -0.15) is 4.98 Å². The SMILES string of the molecule is Cc1nc(-c2ncc(N3CCC[C@H](N[C@@H]4CCCC[C@H]4Nc4cc(-c5cccc(C(N)=O)c5)ccn4)C3)cn2)no1. The first kappa shape index (κ1) is 26.8. The highest BCUT2D eigenvalue weighted by Gasteiger charge is 2.30. The van der Waals surface area contributed by atoms with E-state index in [1.54, 1.807) is 13.0 Å². The van der Waals surface area contributed by atoms with Crippen LogP contribution in [-0.4, -0.2) is 62.2 Å². The van der Waals surface area contributed by atoms with Crippen molar-refractivity contribution in [3.8, 4) is 22.8 Å². The van der Waals surface area contributed by atoms with Gasteiger partial charge in [0.05, 0.1) is 18.1 Å². The molecule has 1 amide bonds. The number of piperidine rings is 1. The van der Waals surface area contributed by atoms with Gasteiger partial charge in [0.25, 0.3) is 0 Å². The molecule has 1 saturated carbocycles. The molecule has 212 valence electrons. The number of nitrogens with two attached hydrogens (primary N) is 1. The number of carbonyl (C=O) groups is 1. The Morgan fingerprint density at radius 2 is 1.78 bits per heavy atom. The van der Waals surface area contributed by atoms with E-state index < -0.39 is 5.91 Å². The monoisotopic (exact) mass is 553 g/mol. The van der Waals surface area contributed by atoms with E-state index >= 15 is 0 Å². The van der Waals surface area contributed by atoms with Crippen LogP contribution in [-0.2, 0) is 0 Å². The van der Waals surface area contributed by atoms with Gasteiger partial charge in [0.1, 0.15) is 5.82 Å². The fourth-order valence-electron chi connectivity index (χ4n) is 5.87. The molecule has 3 aromatic heterocycles. The number of amides is 1. The summed E-state index contributed by atoms with van der Waals surface area (Å²) in [5, 5.41) is 11.6. The number of primary amides is 1. The number of nitrogens with zero attached hydrogens (tertiary/aromatic N) is 6. The molecule has 1 saturated heterocycles. The number of nitrogens with one attached hydrogen (secondary N) is 2. The summed E-state index contributed by atoms with van der Waals surface area (Å²) in [6, 6.07) is 12.4. The highest BCUT2D eigenvalue weighted by molar-refractivity contribution is 5.94. The van der Waals surface area contributed by atoms with E-state index in [9.17, 15) is 4.79 Å². The maximum Gasteiger partial charge on any atom is 0.248 e. The van der Waals surface area contributed by atoms with E-state index in [0.717, 1.165) is 61.4 Å². The van der Waals surface area contributed by atoms with Gasteiger partial charge in [-0.25, -0.2) is 15.0 Å². The lowest BCUT2D eigenvalue weighted by Gasteiger charge is -2.40. The van der Waals surface area contributed by atoms with Crippen molar-refractivity contribution in [2.45, 2.75) is 63.6 Å². The average Bonchev–Trinajstić information content (AvgIpc) is 3.45. The van der Waals surface area contributed by atoms with Gasteiger partial charge in [-0.3, -0.25) is 4.79 Å². The number of anilines is 2. The molecule has 4 heterocycles. The van der Waals surface area contributed by atoms with E-state index in [1.165, 1.54) is 12.8 Å². The number of carbonyl (C=O) groups excluding carboxylic acids is 1. The predicted molar refractivity (Wildman–Crippen MR) is 156 cm³/mol.